The van der Waals surface area contributed by atoms with Crippen molar-refractivity contribution in [3.05, 3.63) is 35.5 Å². The van der Waals surface area contributed by atoms with Crippen LogP contribution >= 0.6 is 0 Å². The van der Waals surface area contributed by atoms with Crippen molar-refractivity contribution in [1.82, 2.24) is 0 Å². The zero-order chi connectivity index (χ0) is 20.5. The molecule has 0 amide bonds. The van der Waals surface area contributed by atoms with Crippen LogP contribution in [0.2, 0.25) is 0 Å². The molecule has 0 radical (unpaired) electrons. The number of ether oxygens (including phenoxy) is 3. The Bertz CT molecular complexity index is 721. The van der Waals surface area contributed by atoms with E-state index in [0.29, 0.717) is 12.0 Å². The van der Waals surface area contributed by atoms with E-state index in [0.717, 1.165) is 31.3 Å². The summed E-state index contributed by atoms with van der Waals surface area (Å²) in [5.41, 5.74) is 1.90. The zero-order valence-corrected chi connectivity index (χ0v) is 16.9. The molecule has 2 aliphatic heterocycles. The first-order valence-corrected chi connectivity index (χ1v) is 9.95. The summed E-state index contributed by atoms with van der Waals surface area (Å²) in [5, 5.41) is 10.8. The van der Waals surface area contributed by atoms with Gasteiger partial charge in [-0.15, -0.1) is 0 Å². The Morgan fingerprint density at radius 1 is 1.36 bits per heavy atom. The van der Waals surface area contributed by atoms with E-state index in [1.165, 1.54) is 12.5 Å². The molecule has 6 heteroatoms. The molecule has 1 aliphatic carbocycles. The highest BCUT2D eigenvalue weighted by Gasteiger charge is 2.59. The third kappa shape index (κ3) is 4.39. The first-order valence-electron chi connectivity index (χ1n) is 9.95. The second-order valence-electron chi connectivity index (χ2n) is 8.21. The minimum Gasteiger partial charge on any atom is -0.463 e. The van der Waals surface area contributed by atoms with Gasteiger partial charge < -0.3 is 19.3 Å². The molecule has 0 unspecified atom stereocenters. The Balaban J connectivity index is 1.85. The summed E-state index contributed by atoms with van der Waals surface area (Å²) in [6.45, 7) is 9.42. The topological polar surface area (TPSA) is 85.4 Å². The van der Waals surface area contributed by atoms with Gasteiger partial charge in [0.25, 0.3) is 0 Å². The van der Waals surface area contributed by atoms with Gasteiger partial charge in [-0.3, -0.25) is 4.79 Å². The average Bonchev–Trinajstić information content (AvgIpc) is 3.25. The fraction of sp³-hybridized carbons (Fsp3) is 0.636. The number of esters is 2. The standard InChI is InChI=1S/C22H30O6/c1-13-7-5-9-14(2)19(24)20-17(15(3)21(25)27-20)11-18-22(28-18,10-6-8-13)12-26-16(4)23/h8-9,17-20,24H,3,5-7,10-12H2,1-2,4H3/b13-8-,14-9+/t17-,18+,19-,20-,22+/m1/s1. The van der Waals surface area contributed by atoms with Crippen LogP contribution in [0.4, 0.5) is 0 Å². The molecule has 0 aromatic rings. The number of carbonyl (C=O) groups excluding carboxylic acids is 2. The molecular formula is C22H30O6. The lowest BCUT2D eigenvalue weighted by Gasteiger charge is -2.24. The molecule has 3 aliphatic rings. The fourth-order valence-corrected chi connectivity index (χ4v) is 4.15. The van der Waals surface area contributed by atoms with E-state index in [1.54, 1.807) is 0 Å². The summed E-state index contributed by atoms with van der Waals surface area (Å²) < 4.78 is 16.7. The number of allylic oxidation sites excluding steroid dienone is 3. The summed E-state index contributed by atoms with van der Waals surface area (Å²) in [4.78, 5) is 23.4. The lowest BCUT2D eigenvalue weighted by Crippen LogP contribution is -2.34. The van der Waals surface area contributed by atoms with Crippen LogP contribution in [-0.2, 0) is 23.8 Å². The van der Waals surface area contributed by atoms with Crippen molar-refractivity contribution in [3.63, 3.8) is 0 Å². The van der Waals surface area contributed by atoms with Gasteiger partial charge in [0.1, 0.15) is 24.4 Å². The van der Waals surface area contributed by atoms with Crippen molar-refractivity contribution < 1.29 is 28.9 Å². The van der Waals surface area contributed by atoms with E-state index in [9.17, 15) is 14.7 Å². The molecule has 6 nitrogen and oxygen atoms in total. The molecule has 0 saturated carbocycles. The highest BCUT2D eigenvalue weighted by Crippen LogP contribution is 2.48. The zero-order valence-electron chi connectivity index (χ0n) is 16.9. The molecule has 0 aromatic heterocycles. The lowest BCUT2D eigenvalue weighted by molar-refractivity contribution is -0.143. The molecule has 1 N–H and O–H groups in total. The molecule has 3 rings (SSSR count). The van der Waals surface area contributed by atoms with Gasteiger partial charge in [0.2, 0.25) is 0 Å². The normalized spacial score (nSPS) is 40.0. The van der Waals surface area contributed by atoms with Gasteiger partial charge in [-0.25, -0.2) is 4.79 Å². The lowest BCUT2D eigenvalue weighted by atomic mass is 9.84. The third-order valence-corrected chi connectivity index (χ3v) is 6.09. The third-order valence-electron chi connectivity index (χ3n) is 6.09. The summed E-state index contributed by atoms with van der Waals surface area (Å²) in [7, 11) is 0. The molecule has 5 atom stereocenters. The van der Waals surface area contributed by atoms with Gasteiger partial charge in [-0.1, -0.05) is 24.3 Å². The van der Waals surface area contributed by atoms with Crippen molar-refractivity contribution >= 4 is 11.9 Å². The maximum Gasteiger partial charge on any atom is 0.334 e. The Morgan fingerprint density at radius 3 is 2.82 bits per heavy atom. The van der Waals surface area contributed by atoms with Crippen molar-refractivity contribution in [1.29, 1.82) is 0 Å². The number of hydrogen-bond acceptors (Lipinski definition) is 6. The maximum atomic E-state index is 12.1. The second kappa shape index (κ2) is 8.21. The molecule has 2 saturated heterocycles. The SMILES string of the molecule is C=C1C(=O)O[C@@H]2[C@@H]1C[C@@H]1O[C@]1(COC(C)=O)CC/C=C(/C)CC/C=C(\C)[C@H]2O. The second-order valence-corrected chi connectivity index (χ2v) is 8.21. The van der Waals surface area contributed by atoms with Crippen molar-refractivity contribution in [3.8, 4) is 0 Å². The van der Waals surface area contributed by atoms with Gasteiger partial charge in [0.15, 0.2) is 0 Å². The van der Waals surface area contributed by atoms with Crippen LogP contribution in [0.3, 0.4) is 0 Å². The first-order chi connectivity index (χ1) is 13.2. The Hall–Kier alpha value is -1.92. The van der Waals surface area contributed by atoms with E-state index >= 15 is 0 Å². The van der Waals surface area contributed by atoms with Crippen LogP contribution in [-0.4, -0.2) is 47.6 Å². The number of aliphatic hydroxyl groups excluding tert-OH is 1. The first kappa shape index (κ1) is 20.8. The number of rotatable bonds is 2. The van der Waals surface area contributed by atoms with Crippen molar-refractivity contribution in [2.75, 3.05) is 6.61 Å². The minimum atomic E-state index is -0.873. The summed E-state index contributed by atoms with van der Waals surface area (Å²) >= 11 is 0. The molecule has 28 heavy (non-hydrogen) atoms. The minimum absolute atomic E-state index is 0.168. The van der Waals surface area contributed by atoms with Crippen LogP contribution in [0.15, 0.2) is 35.5 Å². The molecule has 2 heterocycles. The van der Waals surface area contributed by atoms with Crippen molar-refractivity contribution in [2.45, 2.75) is 76.8 Å². The molecule has 0 bridgehead atoms. The number of hydrogen-bond donors (Lipinski definition) is 1. The molecule has 0 spiro atoms. The van der Waals surface area contributed by atoms with E-state index in [1.807, 2.05) is 13.0 Å². The van der Waals surface area contributed by atoms with Gasteiger partial charge in [0, 0.05) is 18.4 Å². The van der Waals surface area contributed by atoms with E-state index in [4.69, 9.17) is 14.2 Å². The van der Waals surface area contributed by atoms with Gasteiger partial charge in [-0.2, -0.15) is 0 Å². The quantitative estimate of drug-likeness (QED) is 0.338. The molecule has 154 valence electrons. The van der Waals surface area contributed by atoms with Crippen LogP contribution in [0.5, 0.6) is 0 Å². The van der Waals surface area contributed by atoms with E-state index in [-0.39, 0.29) is 24.6 Å². The summed E-state index contributed by atoms with van der Waals surface area (Å²) in [5.74, 6) is -1.13. The van der Waals surface area contributed by atoms with Crippen LogP contribution in [0.1, 0.15) is 52.9 Å². The van der Waals surface area contributed by atoms with Crippen LogP contribution in [0, 0.1) is 5.92 Å². The highest BCUT2D eigenvalue weighted by atomic mass is 16.6. The van der Waals surface area contributed by atoms with E-state index in [2.05, 4.69) is 19.6 Å². The maximum absolute atomic E-state index is 12.1. The summed E-state index contributed by atoms with van der Waals surface area (Å²) in [6, 6.07) is 0. The molecule has 2 fully saturated rings. The largest absolute Gasteiger partial charge is 0.463 e. The molecule has 0 aromatic carbocycles. The monoisotopic (exact) mass is 390 g/mol. The molecular weight excluding hydrogens is 360 g/mol. The van der Waals surface area contributed by atoms with Crippen molar-refractivity contribution in [2.24, 2.45) is 5.92 Å². The fourth-order valence-electron chi connectivity index (χ4n) is 4.15. The number of aliphatic hydroxyl groups is 1. The van der Waals surface area contributed by atoms with Crippen LogP contribution in [0.25, 0.3) is 0 Å². The number of epoxide rings is 1. The highest BCUT2D eigenvalue weighted by molar-refractivity contribution is 5.91. The Morgan fingerprint density at radius 2 is 2.11 bits per heavy atom. The average molecular weight is 390 g/mol. The Kier molecular flexibility index (Phi) is 6.10. The van der Waals surface area contributed by atoms with Crippen LogP contribution < -0.4 is 0 Å². The number of carbonyl (C=O) groups is 2. The predicted octanol–water partition coefficient (Wildman–Crippen LogP) is 3.00. The smallest absolute Gasteiger partial charge is 0.334 e. The van der Waals surface area contributed by atoms with Gasteiger partial charge >= 0.3 is 11.9 Å². The van der Waals surface area contributed by atoms with E-state index < -0.39 is 23.8 Å². The number of fused-ring (bicyclic) bond motifs is 2. The van der Waals surface area contributed by atoms with Gasteiger partial charge in [0.05, 0.1) is 6.10 Å². The Labute approximate surface area is 166 Å². The summed E-state index contributed by atoms with van der Waals surface area (Å²) in [6.07, 6.45) is 6.29. The predicted molar refractivity (Wildman–Crippen MR) is 103 cm³/mol. The van der Waals surface area contributed by atoms with Gasteiger partial charge in [-0.05, 0) is 51.5 Å².